The molecule has 0 spiro atoms. The molecule has 2 N–H and O–H groups in total. The molecular weight excluding hydrogens is 270 g/mol. The Hall–Kier alpha value is -1.44. The van der Waals surface area contributed by atoms with Crippen LogP contribution in [0.4, 0.5) is 0 Å². The first kappa shape index (κ1) is 15.6. The number of sulfonamides is 1. The SMILES string of the molecule is CCOC(C)CNS(=O)(=O)c1ccc(C(=O)O)cc1. The summed E-state index contributed by atoms with van der Waals surface area (Å²) in [5.41, 5.74) is 0.0432. The monoisotopic (exact) mass is 287 g/mol. The zero-order chi connectivity index (χ0) is 14.5. The van der Waals surface area contributed by atoms with E-state index in [0.717, 1.165) is 0 Å². The molecular formula is C12H17NO5S. The van der Waals surface area contributed by atoms with Crippen molar-refractivity contribution in [3.05, 3.63) is 29.8 Å². The highest BCUT2D eigenvalue weighted by Gasteiger charge is 2.15. The largest absolute Gasteiger partial charge is 0.478 e. The number of benzene rings is 1. The van der Waals surface area contributed by atoms with Crippen LogP contribution in [0.1, 0.15) is 24.2 Å². The van der Waals surface area contributed by atoms with Crippen molar-refractivity contribution >= 4 is 16.0 Å². The summed E-state index contributed by atoms with van der Waals surface area (Å²) in [5.74, 6) is -1.10. The number of carboxylic acid groups (broad SMARTS) is 1. The van der Waals surface area contributed by atoms with Crippen LogP contribution in [0.3, 0.4) is 0 Å². The van der Waals surface area contributed by atoms with E-state index in [4.69, 9.17) is 9.84 Å². The van der Waals surface area contributed by atoms with E-state index in [-0.39, 0.29) is 23.1 Å². The summed E-state index contributed by atoms with van der Waals surface area (Å²) in [4.78, 5) is 10.7. The van der Waals surface area contributed by atoms with Crippen molar-refractivity contribution < 1.29 is 23.1 Å². The van der Waals surface area contributed by atoms with Gasteiger partial charge in [-0.1, -0.05) is 0 Å². The standard InChI is InChI=1S/C12H17NO5S/c1-3-18-9(2)8-13-19(16,17)11-6-4-10(5-7-11)12(14)15/h4-7,9,13H,3,8H2,1-2H3,(H,14,15). The summed E-state index contributed by atoms with van der Waals surface area (Å²) in [7, 11) is -3.64. The maximum Gasteiger partial charge on any atom is 0.335 e. The number of hydrogen-bond acceptors (Lipinski definition) is 4. The molecule has 0 aromatic heterocycles. The second kappa shape index (κ2) is 6.65. The minimum Gasteiger partial charge on any atom is -0.478 e. The number of aromatic carboxylic acids is 1. The molecule has 0 aliphatic heterocycles. The molecule has 0 bridgehead atoms. The van der Waals surface area contributed by atoms with Crippen LogP contribution in [0.25, 0.3) is 0 Å². The van der Waals surface area contributed by atoms with Crippen molar-refractivity contribution in [3.8, 4) is 0 Å². The van der Waals surface area contributed by atoms with E-state index in [1.165, 1.54) is 24.3 Å². The fourth-order valence-electron chi connectivity index (χ4n) is 1.43. The van der Waals surface area contributed by atoms with Gasteiger partial charge in [0.05, 0.1) is 16.6 Å². The van der Waals surface area contributed by atoms with Crippen LogP contribution < -0.4 is 4.72 Å². The highest BCUT2D eigenvalue weighted by Crippen LogP contribution is 2.10. The number of carbonyl (C=O) groups is 1. The van der Waals surface area contributed by atoms with Crippen LogP contribution in [0, 0.1) is 0 Å². The Morgan fingerprint density at radius 3 is 2.42 bits per heavy atom. The first-order valence-electron chi connectivity index (χ1n) is 5.81. The zero-order valence-corrected chi connectivity index (χ0v) is 11.6. The van der Waals surface area contributed by atoms with E-state index in [9.17, 15) is 13.2 Å². The lowest BCUT2D eigenvalue weighted by Crippen LogP contribution is -2.32. The first-order valence-corrected chi connectivity index (χ1v) is 7.29. The average molecular weight is 287 g/mol. The quantitative estimate of drug-likeness (QED) is 0.783. The highest BCUT2D eigenvalue weighted by molar-refractivity contribution is 7.89. The Bertz CT molecular complexity index is 524. The summed E-state index contributed by atoms with van der Waals surface area (Å²) in [6, 6.07) is 5.03. The molecule has 0 fully saturated rings. The summed E-state index contributed by atoms with van der Waals surface area (Å²) < 4.78 is 31.4. The summed E-state index contributed by atoms with van der Waals surface area (Å²) in [6.07, 6.45) is -0.224. The van der Waals surface area contributed by atoms with Gasteiger partial charge in [0.2, 0.25) is 10.0 Å². The molecule has 6 nitrogen and oxygen atoms in total. The molecule has 0 aliphatic carbocycles. The van der Waals surface area contributed by atoms with Crippen molar-refractivity contribution in [2.24, 2.45) is 0 Å². The maximum absolute atomic E-state index is 11.9. The van der Waals surface area contributed by atoms with Crippen LogP contribution in [0.2, 0.25) is 0 Å². The van der Waals surface area contributed by atoms with Crippen molar-refractivity contribution in [2.45, 2.75) is 24.8 Å². The van der Waals surface area contributed by atoms with Gasteiger partial charge in [0.25, 0.3) is 0 Å². The molecule has 0 heterocycles. The number of hydrogen-bond donors (Lipinski definition) is 2. The van der Waals surface area contributed by atoms with Gasteiger partial charge in [0.15, 0.2) is 0 Å². The zero-order valence-electron chi connectivity index (χ0n) is 10.8. The van der Waals surface area contributed by atoms with Gasteiger partial charge in [-0.25, -0.2) is 17.9 Å². The molecule has 0 saturated heterocycles. The maximum atomic E-state index is 11.9. The minimum atomic E-state index is -3.64. The Labute approximate surface area is 112 Å². The molecule has 0 saturated carbocycles. The number of rotatable bonds is 7. The molecule has 0 radical (unpaired) electrons. The van der Waals surface area contributed by atoms with Crippen molar-refractivity contribution in [1.29, 1.82) is 0 Å². The highest BCUT2D eigenvalue weighted by atomic mass is 32.2. The topological polar surface area (TPSA) is 92.7 Å². The second-order valence-electron chi connectivity index (χ2n) is 3.95. The van der Waals surface area contributed by atoms with Gasteiger partial charge in [-0.2, -0.15) is 0 Å². The molecule has 1 unspecified atom stereocenters. The predicted molar refractivity (Wildman–Crippen MR) is 69.7 cm³/mol. The lowest BCUT2D eigenvalue weighted by molar-refractivity contribution is 0.0696. The second-order valence-corrected chi connectivity index (χ2v) is 5.71. The third-order valence-corrected chi connectivity index (χ3v) is 3.86. The van der Waals surface area contributed by atoms with Gasteiger partial charge in [0.1, 0.15) is 0 Å². The van der Waals surface area contributed by atoms with E-state index in [0.29, 0.717) is 6.61 Å². The van der Waals surface area contributed by atoms with E-state index in [2.05, 4.69) is 4.72 Å². The number of carboxylic acids is 1. The predicted octanol–water partition coefficient (Wildman–Crippen LogP) is 1.09. The van der Waals surface area contributed by atoms with Crippen LogP contribution in [-0.4, -0.2) is 38.7 Å². The smallest absolute Gasteiger partial charge is 0.335 e. The third kappa shape index (κ3) is 4.62. The molecule has 1 aromatic carbocycles. The van der Waals surface area contributed by atoms with Gasteiger partial charge in [-0.3, -0.25) is 0 Å². The Morgan fingerprint density at radius 2 is 1.95 bits per heavy atom. The summed E-state index contributed by atoms with van der Waals surface area (Å²) >= 11 is 0. The van der Waals surface area contributed by atoms with Gasteiger partial charge in [-0.05, 0) is 38.1 Å². The number of ether oxygens (including phenoxy) is 1. The van der Waals surface area contributed by atoms with Crippen molar-refractivity contribution in [1.82, 2.24) is 4.72 Å². The van der Waals surface area contributed by atoms with Crippen LogP contribution in [-0.2, 0) is 14.8 Å². The normalized spacial score (nSPS) is 13.2. The summed E-state index contributed by atoms with van der Waals surface area (Å²) in [6.45, 7) is 4.27. The minimum absolute atomic E-state index is 0.0289. The van der Waals surface area contributed by atoms with Crippen molar-refractivity contribution in [2.75, 3.05) is 13.2 Å². The third-order valence-electron chi connectivity index (χ3n) is 2.42. The fraction of sp³-hybridized carbons (Fsp3) is 0.417. The van der Waals surface area contributed by atoms with E-state index in [1.807, 2.05) is 6.92 Å². The van der Waals surface area contributed by atoms with Crippen molar-refractivity contribution in [3.63, 3.8) is 0 Å². The molecule has 1 rings (SSSR count). The van der Waals surface area contributed by atoms with Crippen LogP contribution >= 0.6 is 0 Å². The van der Waals surface area contributed by atoms with Gasteiger partial charge in [0, 0.05) is 13.2 Å². The Morgan fingerprint density at radius 1 is 1.37 bits per heavy atom. The Balaban J connectivity index is 2.74. The lowest BCUT2D eigenvalue weighted by atomic mass is 10.2. The molecule has 1 aromatic rings. The van der Waals surface area contributed by atoms with Crippen LogP contribution in [0.15, 0.2) is 29.2 Å². The lowest BCUT2D eigenvalue weighted by Gasteiger charge is -2.13. The first-order chi connectivity index (χ1) is 8.86. The Kier molecular flexibility index (Phi) is 5.46. The molecule has 19 heavy (non-hydrogen) atoms. The molecule has 7 heteroatoms. The van der Waals surface area contributed by atoms with Gasteiger partial charge >= 0.3 is 5.97 Å². The van der Waals surface area contributed by atoms with E-state index >= 15 is 0 Å². The molecule has 106 valence electrons. The van der Waals surface area contributed by atoms with E-state index in [1.54, 1.807) is 6.92 Å². The molecule has 1 atom stereocenters. The van der Waals surface area contributed by atoms with Crippen LogP contribution in [0.5, 0.6) is 0 Å². The van der Waals surface area contributed by atoms with Gasteiger partial charge < -0.3 is 9.84 Å². The molecule has 0 amide bonds. The molecule has 0 aliphatic rings. The van der Waals surface area contributed by atoms with Gasteiger partial charge in [-0.15, -0.1) is 0 Å². The number of nitrogens with one attached hydrogen (secondary N) is 1. The fourth-order valence-corrected chi connectivity index (χ4v) is 2.55. The average Bonchev–Trinajstić information content (AvgIpc) is 2.37. The van der Waals surface area contributed by atoms with E-state index < -0.39 is 16.0 Å². The summed E-state index contributed by atoms with van der Waals surface area (Å²) in [5, 5.41) is 8.73.